The lowest BCUT2D eigenvalue weighted by Crippen LogP contribution is -2.31. The van der Waals surface area contributed by atoms with Crippen LogP contribution in [0, 0.1) is 0 Å². The molecule has 4 nitrogen and oxygen atoms in total. The Hall–Kier alpha value is -2.27. The van der Waals surface area contributed by atoms with Gasteiger partial charge < -0.3 is 9.47 Å². The highest BCUT2D eigenvalue weighted by atomic mass is 79.9. The summed E-state index contributed by atoms with van der Waals surface area (Å²) in [5, 5.41) is 0. The van der Waals surface area contributed by atoms with E-state index in [9.17, 15) is 4.79 Å². The summed E-state index contributed by atoms with van der Waals surface area (Å²) >= 11 is 3.40. The molecule has 0 saturated carbocycles. The van der Waals surface area contributed by atoms with Gasteiger partial charge in [0.25, 0.3) is 0 Å². The summed E-state index contributed by atoms with van der Waals surface area (Å²) in [6.07, 6.45) is 1.44. The molecule has 0 N–H and O–H groups in total. The summed E-state index contributed by atoms with van der Waals surface area (Å²) in [5.41, 5.74) is 2.57. The quantitative estimate of drug-likeness (QED) is 0.789. The number of benzene rings is 2. The molecular weight excluding hydrogens is 346 g/mol. The van der Waals surface area contributed by atoms with Crippen LogP contribution < -0.4 is 9.64 Å². The van der Waals surface area contributed by atoms with Crippen LogP contribution in [0.2, 0.25) is 0 Å². The zero-order valence-corrected chi connectivity index (χ0v) is 13.8. The molecule has 0 radical (unpaired) electrons. The molecule has 0 unspecified atom stereocenters. The first kappa shape index (κ1) is 14.7. The minimum absolute atomic E-state index is 0.413. The molecule has 0 spiro atoms. The molecule has 112 valence electrons. The Bertz CT molecular complexity index is 753. The van der Waals surface area contributed by atoms with E-state index in [1.807, 2.05) is 48.5 Å². The highest BCUT2D eigenvalue weighted by Crippen LogP contribution is 2.36. The van der Waals surface area contributed by atoms with E-state index in [1.165, 1.54) is 4.90 Å². The van der Waals surface area contributed by atoms with Gasteiger partial charge in [-0.05, 0) is 35.9 Å². The molecule has 0 bridgehead atoms. The molecule has 0 saturated heterocycles. The van der Waals surface area contributed by atoms with Gasteiger partial charge in [-0.1, -0.05) is 28.1 Å². The van der Waals surface area contributed by atoms with Gasteiger partial charge in [0.05, 0.1) is 12.8 Å². The number of nitrogens with zero attached hydrogens (tertiary/aromatic N) is 1. The lowest BCUT2D eigenvalue weighted by Gasteiger charge is -2.27. The number of hydrogen-bond acceptors (Lipinski definition) is 3. The van der Waals surface area contributed by atoms with Gasteiger partial charge in [-0.15, -0.1) is 0 Å². The second-order valence-corrected chi connectivity index (χ2v) is 5.79. The van der Waals surface area contributed by atoms with Crippen molar-refractivity contribution >= 4 is 39.5 Å². The van der Waals surface area contributed by atoms with Crippen LogP contribution in [-0.2, 0) is 4.74 Å². The van der Waals surface area contributed by atoms with E-state index in [1.54, 1.807) is 14.2 Å². The first-order valence-corrected chi connectivity index (χ1v) is 7.49. The van der Waals surface area contributed by atoms with Crippen LogP contribution in [0.4, 0.5) is 10.5 Å². The molecule has 0 atom stereocenters. The monoisotopic (exact) mass is 359 g/mol. The molecule has 3 rings (SSSR count). The average molecular weight is 360 g/mol. The summed E-state index contributed by atoms with van der Waals surface area (Å²) in [7, 11) is 3.28. The smallest absolute Gasteiger partial charge is 0.419 e. The van der Waals surface area contributed by atoms with E-state index in [-0.39, 0.29) is 0 Å². The summed E-state index contributed by atoms with van der Waals surface area (Å²) < 4.78 is 11.7. The molecular formula is C17H14BrNO3. The van der Waals surface area contributed by atoms with Crippen molar-refractivity contribution in [2.45, 2.75) is 0 Å². The van der Waals surface area contributed by atoms with Gasteiger partial charge in [-0.2, -0.15) is 0 Å². The molecule has 0 fully saturated rings. The second kappa shape index (κ2) is 5.85. The number of amides is 1. The third-order valence-electron chi connectivity index (χ3n) is 3.47. The maximum atomic E-state index is 12.0. The van der Waals surface area contributed by atoms with Crippen molar-refractivity contribution in [1.82, 2.24) is 0 Å². The van der Waals surface area contributed by atoms with Crippen LogP contribution in [0.3, 0.4) is 0 Å². The average Bonchev–Trinajstić information content (AvgIpc) is 2.54. The zero-order chi connectivity index (χ0) is 15.7. The number of rotatable bonds is 2. The van der Waals surface area contributed by atoms with Crippen LogP contribution in [0.1, 0.15) is 11.1 Å². The Labute approximate surface area is 137 Å². The van der Waals surface area contributed by atoms with Crippen LogP contribution in [0.5, 0.6) is 5.75 Å². The number of fused-ring (bicyclic) bond motifs is 1. The molecule has 1 amide bonds. The van der Waals surface area contributed by atoms with E-state index < -0.39 is 6.09 Å². The summed E-state index contributed by atoms with van der Waals surface area (Å²) in [4.78, 5) is 13.5. The Morgan fingerprint density at radius 3 is 2.59 bits per heavy atom. The van der Waals surface area contributed by atoms with E-state index in [0.717, 1.165) is 21.3 Å². The first-order valence-electron chi connectivity index (χ1n) is 6.69. The fourth-order valence-electron chi connectivity index (χ4n) is 2.26. The van der Waals surface area contributed by atoms with Crippen molar-refractivity contribution in [2.24, 2.45) is 0 Å². The number of methoxy groups -OCH3 is 1. The van der Waals surface area contributed by atoms with E-state index in [0.29, 0.717) is 11.5 Å². The molecule has 1 aliphatic heterocycles. The maximum Gasteiger partial charge on any atom is 0.419 e. The molecule has 5 heteroatoms. The van der Waals surface area contributed by atoms with Crippen LogP contribution >= 0.6 is 15.9 Å². The maximum absolute atomic E-state index is 12.0. The van der Waals surface area contributed by atoms with Crippen molar-refractivity contribution < 1.29 is 14.3 Å². The standard InChI is InChI=1S/C17H14BrNO3/c1-19-15-10-13(21-2)7-8-14(15)16(22-17(19)20)9-11-3-5-12(18)6-4-11/h3-10H,1-2H3/b16-9-. The zero-order valence-electron chi connectivity index (χ0n) is 12.2. The summed E-state index contributed by atoms with van der Waals surface area (Å²) in [6, 6.07) is 13.4. The SMILES string of the molecule is COc1ccc2c(c1)N(C)C(=O)O/C2=C\c1ccc(Br)cc1. The van der Waals surface area contributed by atoms with Gasteiger partial charge in [0.1, 0.15) is 11.5 Å². The Balaban J connectivity index is 2.09. The van der Waals surface area contributed by atoms with Crippen molar-refractivity contribution in [1.29, 1.82) is 0 Å². The van der Waals surface area contributed by atoms with Crippen molar-refractivity contribution in [3.63, 3.8) is 0 Å². The number of anilines is 1. The van der Waals surface area contributed by atoms with E-state index in [2.05, 4.69) is 15.9 Å². The van der Waals surface area contributed by atoms with Gasteiger partial charge >= 0.3 is 6.09 Å². The lowest BCUT2D eigenvalue weighted by atomic mass is 10.1. The highest BCUT2D eigenvalue weighted by Gasteiger charge is 2.27. The van der Waals surface area contributed by atoms with Crippen LogP contribution in [-0.4, -0.2) is 20.3 Å². The molecule has 0 aliphatic carbocycles. The molecule has 22 heavy (non-hydrogen) atoms. The number of carbonyl (C=O) groups is 1. The molecule has 1 heterocycles. The van der Waals surface area contributed by atoms with Gasteiger partial charge in [0.15, 0.2) is 0 Å². The van der Waals surface area contributed by atoms with Gasteiger partial charge in [-0.25, -0.2) is 4.79 Å². The predicted octanol–water partition coefficient (Wildman–Crippen LogP) is 4.54. The summed E-state index contributed by atoms with van der Waals surface area (Å²) in [5.74, 6) is 1.23. The minimum Gasteiger partial charge on any atom is -0.497 e. The van der Waals surface area contributed by atoms with Crippen LogP contribution in [0.15, 0.2) is 46.9 Å². The third kappa shape index (κ3) is 2.72. The molecule has 1 aliphatic rings. The lowest BCUT2D eigenvalue weighted by molar-refractivity contribution is 0.199. The van der Waals surface area contributed by atoms with Gasteiger partial charge in [-0.3, -0.25) is 4.90 Å². The van der Waals surface area contributed by atoms with E-state index in [4.69, 9.17) is 9.47 Å². The molecule has 0 aromatic heterocycles. The van der Waals surface area contributed by atoms with Crippen molar-refractivity contribution in [3.8, 4) is 5.75 Å². The Morgan fingerprint density at radius 2 is 1.91 bits per heavy atom. The third-order valence-corrected chi connectivity index (χ3v) is 4.00. The van der Waals surface area contributed by atoms with E-state index >= 15 is 0 Å². The van der Waals surface area contributed by atoms with Gasteiger partial charge in [0, 0.05) is 23.2 Å². The van der Waals surface area contributed by atoms with Crippen molar-refractivity contribution in [2.75, 3.05) is 19.1 Å². The second-order valence-electron chi connectivity index (χ2n) is 4.87. The molecule has 2 aromatic carbocycles. The molecule has 2 aromatic rings. The highest BCUT2D eigenvalue weighted by molar-refractivity contribution is 9.10. The number of hydrogen-bond donors (Lipinski definition) is 0. The largest absolute Gasteiger partial charge is 0.497 e. The Morgan fingerprint density at radius 1 is 1.18 bits per heavy atom. The number of halogens is 1. The van der Waals surface area contributed by atoms with Crippen LogP contribution in [0.25, 0.3) is 11.8 Å². The van der Waals surface area contributed by atoms with Crippen molar-refractivity contribution in [3.05, 3.63) is 58.1 Å². The normalized spacial score (nSPS) is 15.5. The van der Waals surface area contributed by atoms with Gasteiger partial charge in [0.2, 0.25) is 0 Å². The topological polar surface area (TPSA) is 38.8 Å². The summed E-state index contributed by atoms with van der Waals surface area (Å²) in [6.45, 7) is 0. The fourth-order valence-corrected chi connectivity index (χ4v) is 2.52. The fraction of sp³-hybridized carbons (Fsp3) is 0.118. The first-order chi connectivity index (χ1) is 10.6. The predicted molar refractivity (Wildman–Crippen MR) is 89.9 cm³/mol. The number of carbonyl (C=O) groups excluding carboxylic acids is 1. The number of ether oxygens (including phenoxy) is 2. The number of cyclic esters (lactones) is 1. The Kier molecular flexibility index (Phi) is 3.90. The minimum atomic E-state index is -0.413.